The number of para-hydroxylation sites is 1. The number of hydrogen-bond donors (Lipinski definition) is 1. The normalized spacial score (nSPS) is 11.9. The van der Waals surface area contributed by atoms with Gasteiger partial charge in [-0.05, 0) is 38.5 Å². The number of nitrogens with zero attached hydrogens (tertiary/aromatic N) is 4. The third kappa shape index (κ3) is 4.55. The summed E-state index contributed by atoms with van der Waals surface area (Å²) in [5, 5.41) is 8.14. The number of amides is 2. The van der Waals surface area contributed by atoms with Gasteiger partial charge in [0.2, 0.25) is 5.91 Å². The Hall–Kier alpha value is -4.00. The molecule has 0 aliphatic carbocycles. The van der Waals surface area contributed by atoms with Crippen molar-refractivity contribution in [3.63, 3.8) is 0 Å². The molecule has 0 fully saturated rings. The molecule has 2 heterocycles. The van der Waals surface area contributed by atoms with Crippen molar-refractivity contribution in [3.05, 3.63) is 78.0 Å². The number of carbonyl (C=O) groups is 2. The quantitative estimate of drug-likeness (QED) is 0.433. The van der Waals surface area contributed by atoms with Gasteiger partial charge in [0, 0.05) is 24.8 Å². The van der Waals surface area contributed by atoms with Crippen LogP contribution in [0.2, 0.25) is 0 Å². The predicted molar refractivity (Wildman–Crippen MR) is 135 cm³/mol. The molecule has 2 aromatic carbocycles. The molecule has 2 aromatic heterocycles. The van der Waals surface area contributed by atoms with Crippen LogP contribution >= 0.6 is 0 Å². The van der Waals surface area contributed by atoms with Crippen LogP contribution in [0, 0.1) is 6.92 Å². The summed E-state index contributed by atoms with van der Waals surface area (Å²) in [5.41, 5.74) is 4.17. The van der Waals surface area contributed by atoms with Crippen LogP contribution in [-0.2, 0) is 11.8 Å². The lowest BCUT2D eigenvalue weighted by atomic mass is 10.0. The molecule has 7 heteroatoms. The number of aromatic nitrogens is 3. The van der Waals surface area contributed by atoms with E-state index in [0.29, 0.717) is 34.5 Å². The van der Waals surface area contributed by atoms with Crippen molar-refractivity contribution in [2.45, 2.75) is 33.2 Å². The number of fused-ring (bicyclic) bond motifs is 1. The van der Waals surface area contributed by atoms with Gasteiger partial charge < -0.3 is 10.2 Å². The molecule has 0 saturated carbocycles. The summed E-state index contributed by atoms with van der Waals surface area (Å²) in [4.78, 5) is 33.5. The van der Waals surface area contributed by atoms with Gasteiger partial charge in [0.25, 0.3) is 5.91 Å². The standard InChI is InChI=1S/C27H29N5O2/c1-5-16-32(19(3)26(33)28-21-14-10-7-11-15-21)27(34)22-17-23(20-12-8-6-9-13-20)29-25-24(22)18(2)30-31(25)4/h6-15,17,19H,5,16H2,1-4H3,(H,28,33). The van der Waals surface area contributed by atoms with Gasteiger partial charge in [-0.1, -0.05) is 55.5 Å². The zero-order valence-corrected chi connectivity index (χ0v) is 19.9. The molecule has 1 atom stereocenters. The van der Waals surface area contributed by atoms with E-state index in [2.05, 4.69) is 10.4 Å². The lowest BCUT2D eigenvalue weighted by Gasteiger charge is -2.28. The maximum absolute atomic E-state index is 14.0. The second-order valence-electron chi connectivity index (χ2n) is 8.36. The number of carbonyl (C=O) groups excluding carboxylic acids is 2. The van der Waals surface area contributed by atoms with E-state index in [1.54, 1.807) is 16.5 Å². The summed E-state index contributed by atoms with van der Waals surface area (Å²) in [7, 11) is 1.82. The molecular formula is C27H29N5O2. The zero-order valence-electron chi connectivity index (χ0n) is 19.9. The summed E-state index contributed by atoms with van der Waals surface area (Å²) in [6.07, 6.45) is 0.723. The SMILES string of the molecule is CCCN(C(=O)c1cc(-c2ccccc2)nc2c1c(C)nn2C)C(C)C(=O)Nc1ccccc1. The molecule has 2 amide bonds. The largest absolute Gasteiger partial charge is 0.327 e. The Kier molecular flexibility index (Phi) is 6.72. The van der Waals surface area contributed by atoms with E-state index in [1.807, 2.05) is 87.6 Å². The Balaban J connectivity index is 1.76. The lowest BCUT2D eigenvalue weighted by Crippen LogP contribution is -2.46. The Bertz CT molecular complexity index is 1320. The maximum atomic E-state index is 14.0. The summed E-state index contributed by atoms with van der Waals surface area (Å²) in [5.74, 6) is -0.442. The van der Waals surface area contributed by atoms with Crippen LogP contribution < -0.4 is 5.32 Å². The molecule has 1 N–H and O–H groups in total. The highest BCUT2D eigenvalue weighted by Gasteiger charge is 2.29. The van der Waals surface area contributed by atoms with Crippen molar-refractivity contribution in [1.82, 2.24) is 19.7 Å². The van der Waals surface area contributed by atoms with E-state index >= 15 is 0 Å². The van der Waals surface area contributed by atoms with Gasteiger partial charge >= 0.3 is 0 Å². The first kappa shape index (κ1) is 23.2. The highest BCUT2D eigenvalue weighted by molar-refractivity contribution is 6.09. The minimum Gasteiger partial charge on any atom is -0.327 e. The van der Waals surface area contributed by atoms with Gasteiger partial charge in [-0.15, -0.1) is 0 Å². The minimum atomic E-state index is -0.659. The Morgan fingerprint density at radius 1 is 1.06 bits per heavy atom. The van der Waals surface area contributed by atoms with E-state index in [-0.39, 0.29) is 11.8 Å². The van der Waals surface area contributed by atoms with Crippen LogP contribution in [0.5, 0.6) is 0 Å². The first-order chi connectivity index (χ1) is 16.4. The fourth-order valence-electron chi connectivity index (χ4n) is 4.15. The van der Waals surface area contributed by atoms with Crippen molar-refractivity contribution >= 4 is 28.5 Å². The van der Waals surface area contributed by atoms with Gasteiger partial charge in [0.1, 0.15) is 6.04 Å². The second-order valence-corrected chi connectivity index (χ2v) is 8.36. The molecule has 0 radical (unpaired) electrons. The molecule has 4 aromatic rings. The fourth-order valence-corrected chi connectivity index (χ4v) is 4.15. The zero-order chi connectivity index (χ0) is 24.2. The predicted octanol–water partition coefficient (Wildman–Crippen LogP) is 4.82. The van der Waals surface area contributed by atoms with E-state index < -0.39 is 6.04 Å². The van der Waals surface area contributed by atoms with E-state index in [9.17, 15) is 9.59 Å². The molecule has 1 unspecified atom stereocenters. The monoisotopic (exact) mass is 455 g/mol. The van der Waals surface area contributed by atoms with Crippen LogP contribution in [0.3, 0.4) is 0 Å². The molecule has 0 saturated heterocycles. The van der Waals surface area contributed by atoms with Crippen molar-refractivity contribution in [2.75, 3.05) is 11.9 Å². The molecule has 34 heavy (non-hydrogen) atoms. The van der Waals surface area contributed by atoms with Crippen molar-refractivity contribution in [3.8, 4) is 11.3 Å². The smallest absolute Gasteiger partial charge is 0.255 e. The third-order valence-electron chi connectivity index (χ3n) is 5.88. The highest BCUT2D eigenvalue weighted by atomic mass is 16.2. The van der Waals surface area contributed by atoms with Gasteiger partial charge in [0.15, 0.2) is 5.65 Å². The van der Waals surface area contributed by atoms with Crippen LogP contribution in [0.4, 0.5) is 5.69 Å². The van der Waals surface area contributed by atoms with Crippen LogP contribution in [-0.4, -0.2) is 44.1 Å². The lowest BCUT2D eigenvalue weighted by molar-refractivity contribution is -0.120. The van der Waals surface area contributed by atoms with Gasteiger partial charge in [-0.2, -0.15) is 5.10 Å². The summed E-state index contributed by atoms with van der Waals surface area (Å²) >= 11 is 0. The molecular weight excluding hydrogens is 426 g/mol. The van der Waals surface area contributed by atoms with Crippen molar-refractivity contribution in [1.29, 1.82) is 0 Å². The fraction of sp³-hybridized carbons (Fsp3) is 0.259. The number of hydrogen-bond acceptors (Lipinski definition) is 4. The van der Waals surface area contributed by atoms with Gasteiger partial charge in [-0.3, -0.25) is 14.3 Å². The number of aryl methyl sites for hydroxylation is 2. The topological polar surface area (TPSA) is 80.1 Å². The van der Waals surface area contributed by atoms with Gasteiger partial charge in [0.05, 0.1) is 22.3 Å². The molecule has 174 valence electrons. The summed E-state index contributed by atoms with van der Waals surface area (Å²) in [6.45, 7) is 6.08. The Morgan fingerprint density at radius 2 is 1.71 bits per heavy atom. The molecule has 0 aliphatic rings. The number of nitrogens with one attached hydrogen (secondary N) is 1. The van der Waals surface area contributed by atoms with Crippen LogP contribution in [0.1, 0.15) is 36.3 Å². The van der Waals surface area contributed by atoms with E-state index in [1.165, 1.54) is 0 Å². The van der Waals surface area contributed by atoms with Crippen LogP contribution in [0.25, 0.3) is 22.3 Å². The average molecular weight is 456 g/mol. The highest BCUT2D eigenvalue weighted by Crippen LogP contribution is 2.28. The molecule has 0 spiro atoms. The van der Waals surface area contributed by atoms with E-state index in [0.717, 1.165) is 17.7 Å². The molecule has 0 aliphatic heterocycles. The Morgan fingerprint density at radius 3 is 2.35 bits per heavy atom. The Labute approximate surface area is 199 Å². The second kappa shape index (κ2) is 9.87. The summed E-state index contributed by atoms with van der Waals surface area (Å²) < 4.78 is 1.70. The molecule has 4 rings (SSSR count). The van der Waals surface area contributed by atoms with Crippen molar-refractivity contribution in [2.24, 2.45) is 7.05 Å². The van der Waals surface area contributed by atoms with Crippen molar-refractivity contribution < 1.29 is 9.59 Å². The van der Waals surface area contributed by atoms with Gasteiger partial charge in [-0.25, -0.2) is 4.98 Å². The minimum absolute atomic E-state index is 0.210. The first-order valence-corrected chi connectivity index (χ1v) is 11.5. The summed E-state index contributed by atoms with van der Waals surface area (Å²) in [6, 6.07) is 20.2. The average Bonchev–Trinajstić information content (AvgIpc) is 3.15. The third-order valence-corrected chi connectivity index (χ3v) is 5.88. The maximum Gasteiger partial charge on any atom is 0.255 e. The van der Waals surface area contributed by atoms with Crippen LogP contribution in [0.15, 0.2) is 66.7 Å². The molecule has 0 bridgehead atoms. The van der Waals surface area contributed by atoms with E-state index in [4.69, 9.17) is 4.98 Å². The first-order valence-electron chi connectivity index (χ1n) is 11.5. The number of anilines is 1. The molecule has 7 nitrogen and oxygen atoms in total. The number of pyridine rings is 1. The number of rotatable bonds is 7. The number of benzene rings is 2.